The molecule has 2 N–H and O–H groups in total. The SMILES string of the molecule is Cc1ccc(NC(=O)c2cccc(C(C)(C)C#N)c2)cc1NC(=O)c1cc(N2CCOCC2)ncn1. The molecule has 1 fully saturated rings. The predicted molar refractivity (Wildman–Crippen MR) is 137 cm³/mol. The number of benzene rings is 2. The highest BCUT2D eigenvalue weighted by atomic mass is 16.5. The van der Waals surface area contributed by atoms with Gasteiger partial charge in [-0.1, -0.05) is 18.2 Å². The number of nitrogens with zero attached hydrogens (tertiary/aromatic N) is 4. The van der Waals surface area contributed by atoms with Crippen molar-refractivity contribution >= 4 is 29.0 Å². The summed E-state index contributed by atoms with van der Waals surface area (Å²) in [5.74, 6) is 0.000543. The number of hydrogen-bond acceptors (Lipinski definition) is 7. The molecule has 2 heterocycles. The summed E-state index contributed by atoms with van der Waals surface area (Å²) in [5, 5.41) is 15.2. The zero-order valence-electron chi connectivity index (χ0n) is 20.5. The molecule has 1 aliphatic heterocycles. The third kappa shape index (κ3) is 5.67. The van der Waals surface area contributed by atoms with E-state index in [1.807, 2.05) is 19.1 Å². The van der Waals surface area contributed by atoms with E-state index in [0.717, 1.165) is 11.1 Å². The van der Waals surface area contributed by atoms with Crippen molar-refractivity contribution in [2.24, 2.45) is 0 Å². The van der Waals surface area contributed by atoms with Gasteiger partial charge < -0.3 is 20.3 Å². The molecule has 0 aliphatic carbocycles. The Morgan fingerprint density at radius 2 is 1.81 bits per heavy atom. The predicted octanol–water partition coefficient (Wildman–Crippen LogP) is 3.93. The maximum atomic E-state index is 13.0. The minimum absolute atomic E-state index is 0.247. The third-order valence-electron chi connectivity index (χ3n) is 6.09. The van der Waals surface area contributed by atoms with E-state index >= 15 is 0 Å². The van der Waals surface area contributed by atoms with Crippen molar-refractivity contribution in [2.75, 3.05) is 41.8 Å². The van der Waals surface area contributed by atoms with Crippen molar-refractivity contribution in [3.8, 4) is 6.07 Å². The van der Waals surface area contributed by atoms with E-state index in [2.05, 4.69) is 31.6 Å². The van der Waals surface area contributed by atoms with Crippen LogP contribution in [0.2, 0.25) is 0 Å². The van der Waals surface area contributed by atoms with Gasteiger partial charge in [-0.05, 0) is 56.2 Å². The highest BCUT2D eigenvalue weighted by Gasteiger charge is 2.21. The number of aromatic nitrogens is 2. The molecule has 0 spiro atoms. The number of ether oxygens (including phenoxy) is 1. The van der Waals surface area contributed by atoms with Crippen LogP contribution < -0.4 is 15.5 Å². The molecule has 0 bridgehead atoms. The average Bonchev–Trinajstić information content (AvgIpc) is 2.91. The van der Waals surface area contributed by atoms with Gasteiger partial charge in [-0.2, -0.15) is 5.26 Å². The van der Waals surface area contributed by atoms with Gasteiger partial charge in [-0.15, -0.1) is 0 Å². The zero-order valence-corrected chi connectivity index (χ0v) is 20.5. The lowest BCUT2D eigenvalue weighted by atomic mass is 9.85. The molecule has 4 rings (SSSR count). The minimum atomic E-state index is -0.708. The van der Waals surface area contributed by atoms with Crippen LogP contribution in [0.1, 0.15) is 45.8 Å². The molecule has 184 valence electrons. The van der Waals surface area contributed by atoms with E-state index < -0.39 is 5.41 Å². The number of hydrogen-bond donors (Lipinski definition) is 2. The number of rotatable bonds is 6. The summed E-state index contributed by atoms with van der Waals surface area (Å²) in [7, 11) is 0. The number of morpholine rings is 1. The quantitative estimate of drug-likeness (QED) is 0.544. The number of aryl methyl sites for hydroxylation is 1. The molecule has 1 aromatic heterocycles. The second-order valence-corrected chi connectivity index (χ2v) is 9.12. The third-order valence-corrected chi connectivity index (χ3v) is 6.09. The van der Waals surface area contributed by atoms with Crippen molar-refractivity contribution < 1.29 is 14.3 Å². The van der Waals surface area contributed by atoms with Crippen LogP contribution in [0.4, 0.5) is 17.2 Å². The Morgan fingerprint density at radius 3 is 2.56 bits per heavy atom. The van der Waals surface area contributed by atoms with Gasteiger partial charge in [0.1, 0.15) is 17.8 Å². The van der Waals surface area contributed by atoms with E-state index in [9.17, 15) is 14.9 Å². The molecule has 0 atom stereocenters. The van der Waals surface area contributed by atoms with Gasteiger partial charge in [0.05, 0.1) is 24.7 Å². The zero-order chi connectivity index (χ0) is 25.7. The summed E-state index contributed by atoms with van der Waals surface area (Å²) in [4.78, 5) is 36.3. The average molecular weight is 485 g/mol. The van der Waals surface area contributed by atoms with Crippen molar-refractivity contribution in [1.82, 2.24) is 9.97 Å². The fraction of sp³-hybridized carbons (Fsp3) is 0.296. The summed E-state index contributed by atoms with van der Waals surface area (Å²) < 4.78 is 5.38. The molecule has 3 aromatic rings. The smallest absolute Gasteiger partial charge is 0.274 e. The van der Waals surface area contributed by atoms with Gasteiger partial charge in [0.15, 0.2) is 0 Å². The molecule has 1 aliphatic rings. The Hall–Kier alpha value is -4.29. The highest BCUT2D eigenvalue weighted by molar-refractivity contribution is 6.06. The fourth-order valence-electron chi connectivity index (χ4n) is 3.77. The normalized spacial score (nSPS) is 13.6. The molecule has 9 heteroatoms. The fourth-order valence-corrected chi connectivity index (χ4v) is 3.77. The first kappa shape index (κ1) is 24.8. The van der Waals surface area contributed by atoms with E-state index in [0.29, 0.717) is 49.1 Å². The summed E-state index contributed by atoms with van der Waals surface area (Å²) in [6, 6.07) is 16.2. The molecule has 0 saturated carbocycles. The standard InChI is InChI=1S/C27H28N6O3/c1-18-7-8-21(31-25(34)19-5-4-6-20(13-19)27(2,3)16-28)14-22(18)32-26(35)23-15-24(30-17-29-23)33-9-11-36-12-10-33/h4-8,13-15,17H,9-12H2,1-3H3,(H,31,34)(H,32,35). The molecule has 0 radical (unpaired) electrons. The van der Waals surface area contributed by atoms with E-state index in [1.54, 1.807) is 50.2 Å². The number of amides is 2. The van der Waals surface area contributed by atoms with Gasteiger partial charge in [0.25, 0.3) is 11.8 Å². The Morgan fingerprint density at radius 1 is 1.03 bits per heavy atom. The molecular weight excluding hydrogens is 456 g/mol. The topological polar surface area (TPSA) is 120 Å². The second kappa shape index (κ2) is 10.5. The van der Waals surface area contributed by atoms with Crippen LogP contribution >= 0.6 is 0 Å². The van der Waals surface area contributed by atoms with Crippen molar-refractivity contribution in [1.29, 1.82) is 5.26 Å². The number of nitrogens with one attached hydrogen (secondary N) is 2. The molecule has 1 saturated heterocycles. The van der Waals surface area contributed by atoms with Gasteiger partial charge in [-0.25, -0.2) is 9.97 Å². The van der Waals surface area contributed by atoms with Gasteiger partial charge in [0, 0.05) is 36.1 Å². The van der Waals surface area contributed by atoms with E-state index in [4.69, 9.17) is 4.74 Å². The maximum Gasteiger partial charge on any atom is 0.274 e. The first-order chi connectivity index (χ1) is 17.3. The Bertz CT molecular complexity index is 1330. The summed E-state index contributed by atoms with van der Waals surface area (Å²) in [5.41, 5.74) is 2.67. The largest absolute Gasteiger partial charge is 0.378 e. The number of anilines is 3. The molecule has 2 aromatic carbocycles. The van der Waals surface area contributed by atoms with Gasteiger partial charge >= 0.3 is 0 Å². The maximum absolute atomic E-state index is 13.0. The number of carbonyl (C=O) groups excluding carboxylic acids is 2. The Balaban J connectivity index is 1.48. The highest BCUT2D eigenvalue weighted by Crippen LogP contribution is 2.25. The molecule has 36 heavy (non-hydrogen) atoms. The Labute approximate surface area is 210 Å². The molecular formula is C27H28N6O3. The van der Waals surface area contributed by atoms with E-state index in [1.165, 1.54) is 6.33 Å². The number of nitriles is 1. The molecule has 9 nitrogen and oxygen atoms in total. The number of carbonyl (C=O) groups is 2. The lowest BCUT2D eigenvalue weighted by Crippen LogP contribution is -2.37. The van der Waals surface area contributed by atoms with Gasteiger partial charge in [0.2, 0.25) is 0 Å². The lowest BCUT2D eigenvalue weighted by Gasteiger charge is -2.27. The van der Waals surface area contributed by atoms with Crippen LogP contribution in [0.3, 0.4) is 0 Å². The minimum Gasteiger partial charge on any atom is -0.378 e. The molecule has 2 amide bonds. The molecule has 0 unspecified atom stereocenters. The van der Waals surface area contributed by atoms with Crippen LogP contribution in [-0.2, 0) is 10.2 Å². The lowest BCUT2D eigenvalue weighted by molar-refractivity contribution is 0.101. The van der Waals surface area contributed by atoms with Crippen LogP contribution in [0.15, 0.2) is 54.9 Å². The van der Waals surface area contributed by atoms with Crippen molar-refractivity contribution in [3.63, 3.8) is 0 Å². The summed E-state index contributed by atoms with van der Waals surface area (Å²) >= 11 is 0. The van der Waals surface area contributed by atoms with Crippen molar-refractivity contribution in [3.05, 3.63) is 77.2 Å². The van der Waals surface area contributed by atoms with Crippen LogP contribution in [0, 0.1) is 18.3 Å². The first-order valence-electron chi connectivity index (χ1n) is 11.7. The van der Waals surface area contributed by atoms with Crippen molar-refractivity contribution in [2.45, 2.75) is 26.2 Å². The van der Waals surface area contributed by atoms with Gasteiger partial charge in [-0.3, -0.25) is 9.59 Å². The van der Waals surface area contributed by atoms with Crippen LogP contribution in [0.25, 0.3) is 0 Å². The second-order valence-electron chi connectivity index (χ2n) is 9.12. The van der Waals surface area contributed by atoms with E-state index in [-0.39, 0.29) is 17.5 Å². The first-order valence-corrected chi connectivity index (χ1v) is 11.7. The Kier molecular flexibility index (Phi) is 7.27. The van der Waals surface area contributed by atoms with Crippen LogP contribution in [-0.4, -0.2) is 48.1 Å². The summed E-state index contributed by atoms with van der Waals surface area (Å²) in [6.07, 6.45) is 1.38. The van der Waals surface area contributed by atoms with Crippen LogP contribution in [0.5, 0.6) is 0 Å². The summed E-state index contributed by atoms with van der Waals surface area (Å²) in [6.45, 7) is 8.12. The monoisotopic (exact) mass is 484 g/mol.